The van der Waals surface area contributed by atoms with Gasteiger partial charge in [0, 0.05) is 66.4 Å². The summed E-state index contributed by atoms with van der Waals surface area (Å²) in [6.45, 7) is 7.35. The van der Waals surface area contributed by atoms with Crippen LogP contribution in [0.3, 0.4) is 0 Å². The van der Waals surface area contributed by atoms with Crippen LogP contribution in [-0.2, 0) is 35.3 Å². The summed E-state index contributed by atoms with van der Waals surface area (Å²) in [5.41, 5.74) is 0.671. The van der Waals surface area contributed by atoms with Crippen LogP contribution in [0, 0.1) is 20.2 Å². The molecule has 15 heteroatoms. The van der Waals surface area contributed by atoms with Gasteiger partial charge in [0.05, 0.1) is 22.2 Å². The van der Waals surface area contributed by atoms with Crippen LogP contribution in [0.1, 0.15) is 77.3 Å². The van der Waals surface area contributed by atoms with E-state index in [-0.39, 0.29) is 59.7 Å². The average molecular weight is 626 g/mol. The molecule has 0 N–H and O–H groups in total. The van der Waals surface area contributed by atoms with Crippen molar-refractivity contribution >= 4 is 56.5 Å². The third kappa shape index (κ3) is 7.32. The third-order valence-electron chi connectivity index (χ3n) is 7.26. The number of hydrogen-bond acceptors (Lipinski definition) is 12. The van der Waals surface area contributed by atoms with Crippen molar-refractivity contribution in [3.05, 3.63) is 55.6 Å². The number of nitrogens with zero attached hydrogens (tertiary/aromatic N) is 5. The number of carbonyl (C=O) groups excluding carboxylic acids is 2. The van der Waals surface area contributed by atoms with Gasteiger partial charge in [-0.15, -0.1) is 0 Å². The van der Waals surface area contributed by atoms with E-state index in [0.29, 0.717) is 47.9 Å². The summed E-state index contributed by atoms with van der Waals surface area (Å²) in [6.07, 6.45) is 2.02. The van der Waals surface area contributed by atoms with Gasteiger partial charge < -0.3 is 23.7 Å². The van der Waals surface area contributed by atoms with E-state index in [9.17, 15) is 29.8 Å². The molecule has 0 aliphatic carbocycles. The zero-order chi connectivity index (χ0) is 32.7. The van der Waals surface area contributed by atoms with Crippen LogP contribution < -0.4 is 0 Å². The van der Waals surface area contributed by atoms with E-state index in [0.717, 1.165) is 6.42 Å². The highest BCUT2D eigenvalue weighted by molar-refractivity contribution is 6.18. The number of rotatable bonds is 14. The summed E-state index contributed by atoms with van der Waals surface area (Å²) in [4.78, 5) is 57.6. The van der Waals surface area contributed by atoms with Gasteiger partial charge >= 0.3 is 11.9 Å². The van der Waals surface area contributed by atoms with Gasteiger partial charge in [0.2, 0.25) is 0 Å². The van der Waals surface area contributed by atoms with Crippen molar-refractivity contribution in [1.82, 2.24) is 4.57 Å². The quantitative estimate of drug-likeness (QED) is 0.0903. The van der Waals surface area contributed by atoms with Gasteiger partial charge in [0.25, 0.3) is 11.4 Å². The first-order chi connectivity index (χ1) is 21.6. The lowest BCUT2D eigenvalue weighted by Gasteiger charge is -2.13. The molecule has 45 heavy (non-hydrogen) atoms. The number of nitro groups is 2. The van der Waals surface area contributed by atoms with E-state index in [1.165, 1.54) is 16.7 Å². The molecule has 1 fully saturated rings. The lowest BCUT2D eigenvalue weighted by Crippen LogP contribution is -2.19. The number of hydrogen-bond donors (Lipinski definition) is 0. The van der Waals surface area contributed by atoms with E-state index in [1.54, 1.807) is 32.9 Å². The highest BCUT2D eigenvalue weighted by atomic mass is 16.7. The Labute approximate surface area is 258 Å². The second kappa shape index (κ2) is 14.8. The fraction of sp³-hybridized carbons (Fsp3) is 0.467. The van der Waals surface area contributed by atoms with Crippen molar-refractivity contribution in [2.45, 2.75) is 79.1 Å². The predicted molar refractivity (Wildman–Crippen MR) is 164 cm³/mol. The Morgan fingerprint density at radius 2 is 1.42 bits per heavy atom. The third-order valence-corrected chi connectivity index (χ3v) is 7.26. The molecular weight excluding hydrogens is 590 g/mol. The Kier molecular flexibility index (Phi) is 10.9. The Morgan fingerprint density at radius 3 is 1.87 bits per heavy atom. The molecule has 0 spiro atoms. The Morgan fingerprint density at radius 1 is 0.889 bits per heavy atom. The maximum Gasteiger partial charge on any atom is 0.334 e. The number of aryl methyl sites for hydroxylation is 1. The normalized spacial score (nSPS) is 15.5. The Balaban J connectivity index is 2.02. The number of fused-ring (bicyclic) bond motifs is 3. The summed E-state index contributed by atoms with van der Waals surface area (Å²) < 4.78 is 12.9. The van der Waals surface area contributed by atoms with Crippen molar-refractivity contribution in [1.29, 1.82) is 0 Å². The van der Waals surface area contributed by atoms with Gasteiger partial charge in [0.1, 0.15) is 16.7 Å². The zero-order valence-corrected chi connectivity index (χ0v) is 25.6. The lowest BCUT2D eigenvalue weighted by molar-refractivity contribution is -0.383. The summed E-state index contributed by atoms with van der Waals surface area (Å²) in [5.74, 6) is -1.18. The minimum absolute atomic E-state index is 0.0498. The van der Waals surface area contributed by atoms with Crippen LogP contribution in [0.2, 0.25) is 0 Å². The second-order valence-electron chi connectivity index (χ2n) is 10.3. The molecule has 1 atom stereocenters. The highest BCUT2D eigenvalue weighted by Gasteiger charge is 2.29. The molecule has 2 heterocycles. The Hall–Kier alpha value is -4.76. The molecule has 3 aromatic rings. The number of benzene rings is 2. The lowest BCUT2D eigenvalue weighted by atomic mass is 10.00. The van der Waals surface area contributed by atoms with E-state index >= 15 is 0 Å². The average Bonchev–Trinajstić information content (AvgIpc) is 3.67. The largest absolute Gasteiger partial charge is 0.353 e. The molecule has 15 nitrogen and oxygen atoms in total. The fourth-order valence-corrected chi connectivity index (χ4v) is 5.09. The standard InChI is InChI=1S/C30H35N5O10/c1-5-10-22(31-44-26(36)6-2)18-13-20-21-14-19(23(32-45-27(37)7-3)17-43-28-11-9-12-42-28)16-25(35(40)41)30(21)33(8-4)29(20)24(15-18)34(38)39/h13-16,28H,5-12,17H2,1-4H3/b31-22+,32-23+. The van der Waals surface area contributed by atoms with E-state index in [2.05, 4.69) is 10.3 Å². The van der Waals surface area contributed by atoms with Crippen molar-refractivity contribution < 1.29 is 38.6 Å². The molecule has 0 amide bonds. The molecule has 2 aromatic carbocycles. The number of nitro benzene ring substituents is 2. The monoisotopic (exact) mass is 625 g/mol. The van der Waals surface area contributed by atoms with E-state index < -0.39 is 28.1 Å². The maximum absolute atomic E-state index is 12.5. The number of carbonyl (C=O) groups is 2. The van der Waals surface area contributed by atoms with Gasteiger partial charge in [-0.05, 0) is 31.9 Å². The minimum atomic E-state index is -0.616. The summed E-state index contributed by atoms with van der Waals surface area (Å²) in [6, 6.07) is 5.87. The highest BCUT2D eigenvalue weighted by Crippen LogP contribution is 2.41. The molecule has 0 bridgehead atoms. The molecule has 1 aliphatic rings. The first-order valence-corrected chi connectivity index (χ1v) is 14.8. The molecule has 0 saturated carbocycles. The smallest absolute Gasteiger partial charge is 0.334 e. The summed E-state index contributed by atoms with van der Waals surface area (Å²) in [5, 5.41) is 33.6. The van der Waals surface area contributed by atoms with Crippen molar-refractivity contribution in [2.75, 3.05) is 13.2 Å². The van der Waals surface area contributed by atoms with Crippen LogP contribution in [0.25, 0.3) is 21.8 Å². The van der Waals surface area contributed by atoms with Crippen LogP contribution in [-0.4, -0.2) is 57.3 Å². The molecule has 1 aromatic heterocycles. The Bertz CT molecular complexity index is 1690. The van der Waals surface area contributed by atoms with Gasteiger partial charge in [-0.2, -0.15) is 0 Å². The molecule has 1 unspecified atom stereocenters. The molecule has 1 saturated heterocycles. The minimum Gasteiger partial charge on any atom is -0.353 e. The fourth-order valence-electron chi connectivity index (χ4n) is 5.09. The van der Waals surface area contributed by atoms with Crippen LogP contribution in [0.5, 0.6) is 0 Å². The first kappa shape index (κ1) is 33.1. The number of non-ortho nitro benzene ring substituents is 2. The zero-order valence-electron chi connectivity index (χ0n) is 25.6. The maximum atomic E-state index is 12.5. The molecule has 0 radical (unpaired) electrons. The van der Waals surface area contributed by atoms with Crippen molar-refractivity contribution in [3.63, 3.8) is 0 Å². The summed E-state index contributed by atoms with van der Waals surface area (Å²) in [7, 11) is 0. The number of ether oxygens (including phenoxy) is 2. The van der Waals surface area contributed by atoms with Crippen molar-refractivity contribution in [3.8, 4) is 0 Å². The van der Waals surface area contributed by atoms with E-state index in [1.807, 2.05) is 6.92 Å². The summed E-state index contributed by atoms with van der Waals surface area (Å²) >= 11 is 0. The van der Waals surface area contributed by atoms with Crippen LogP contribution in [0.15, 0.2) is 34.6 Å². The number of oxime groups is 2. The molecule has 1 aliphatic heterocycles. The van der Waals surface area contributed by atoms with Gasteiger partial charge in [-0.1, -0.05) is 37.5 Å². The van der Waals surface area contributed by atoms with Gasteiger partial charge in [-0.25, -0.2) is 9.59 Å². The molecule has 4 rings (SSSR count). The number of aromatic nitrogens is 1. The molecular formula is C30H35N5O10. The van der Waals surface area contributed by atoms with E-state index in [4.69, 9.17) is 19.1 Å². The van der Waals surface area contributed by atoms with Crippen molar-refractivity contribution in [2.24, 2.45) is 10.3 Å². The first-order valence-electron chi connectivity index (χ1n) is 14.8. The second-order valence-corrected chi connectivity index (χ2v) is 10.3. The topological polar surface area (TPSA) is 187 Å². The predicted octanol–water partition coefficient (Wildman–Crippen LogP) is 5.90. The van der Waals surface area contributed by atoms with Crippen LogP contribution >= 0.6 is 0 Å². The van der Waals surface area contributed by atoms with Gasteiger partial charge in [0.15, 0.2) is 6.29 Å². The van der Waals surface area contributed by atoms with Gasteiger partial charge in [-0.3, -0.25) is 20.2 Å². The van der Waals surface area contributed by atoms with Crippen LogP contribution in [0.4, 0.5) is 11.4 Å². The SMILES string of the molecule is CCC/C(=N\OC(=O)CC)c1cc([N+](=O)[O-])c2c(c1)c1cc(/C(COC3CCCO3)=N/OC(=O)CC)cc([N+](=O)[O-])c1n2CC. The molecule has 240 valence electrons.